The Balaban J connectivity index is 1.46. The average molecular weight is 370 g/mol. The highest BCUT2D eigenvalue weighted by molar-refractivity contribution is 5.91. The third kappa shape index (κ3) is 3.55. The van der Waals surface area contributed by atoms with Crippen LogP contribution < -0.4 is 5.69 Å². The number of furan rings is 1. The van der Waals surface area contributed by atoms with Crippen LogP contribution in [0.3, 0.4) is 0 Å². The van der Waals surface area contributed by atoms with E-state index in [-0.39, 0.29) is 23.3 Å². The van der Waals surface area contributed by atoms with E-state index in [9.17, 15) is 14.0 Å². The van der Waals surface area contributed by atoms with Gasteiger partial charge in [0.2, 0.25) is 0 Å². The molecule has 0 atom stereocenters. The van der Waals surface area contributed by atoms with Gasteiger partial charge in [-0.1, -0.05) is 12.1 Å². The normalized spacial score (nSPS) is 15.2. The second-order valence-electron chi connectivity index (χ2n) is 6.64. The molecule has 1 amide bonds. The van der Waals surface area contributed by atoms with E-state index in [1.165, 1.54) is 18.4 Å². The fourth-order valence-electron chi connectivity index (χ4n) is 3.46. The summed E-state index contributed by atoms with van der Waals surface area (Å²) >= 11 is 0. The maximum atomic E-state index is 13.1. The molecule has 1 aliphatic heterocycles. The molecule has 0 unspecified atom stereocenters. The Hall–Kier alpha value is -3.16. The molecular formula is C19H19FN4O3. The Morgan fingerprint density at radius 2 is 1.96 bits per heavy atom. The van der Waals surface area contributed by atoms with Gasteiger partial charge in [-0.05, 0) is 42.7 Å². The van der Waals surface area contributed by atoms with Crippen LogP contribution in [0.15, 0.2) is 51.9 Å². The van der Waals surface area contributed by atoms with Crippen molar-refractivity contribution < 1.29 is 13.6 Å². The smallest absolute Gasteiger partial charge is 0.343 e. The summed E-state index contributed by atoms with van der Waals surface area (Å²) in [6.45, 7) is 1.47. The number of piperidine rings is 1. The molecule has 1 aromatic carbocycles. The van der Waals surface area contributed by atoms with Crippen LogP contribution in [0, 0.1) is 5.82 Å². The summed E-state index contributed by atoms with van der Waals surface area (Å²) in [4.78, 5) is 26.3. The average Bonchev–Trinajstić information content (AvgIpc) is 3.34. The summed E-state index contributed by atoms with van der Waals surface area (Å²) in [5.74, 6) is 0.650. The number of carbonyl (C=O) groups excluding carboxylic acids is 1. The molecule has 0 saturated carbocycles. The predicted molar refractivity (Wildman–Crippen MR) is 94.9 cm³/mol. The van der Waals surface area contributed by atoms with Gasteiger partial charge in [0.1, 0.15) is 11.6 Å². The molecule has 4 rings (SSSR count). The maximum absolute atomic E-state index is 13.1. The number of hydrogen-bond acceptors (Lipinski definition) is 4. The molecule has 3 aromatic rings. The zero-order valence-corrected chi connectivity index (χ0v) is 14.6. The topological polar surface area (TPSA) is 84.1 Å². The Morgan fingerprint density at radius 1 is 1.22 bits per heavy atom. The van der Waals surface area contributed by atoms with Crippen LogP contribution in [-0.4, -0.2) is 38.7 Å². The Labute approximate surface area is 154 Å². The minimum atomic E-state index is -0.313. The second kappa shape index (κ2) is 7.22. The maximum Gasteiger partial charge on any atom is 0.343 e. The first-order valence-electron chi connectivity index (χ1n) is 8.84. The molecule has 1 fully saturated rings. The van der Waals surface area contributed by atoms with E-state index in [4.69, 9.17) is 4.42 Å². The van der Waals surface area contributed by atoms with E-state index in [2.05, 4.69) is 10.2 Å². The molecule has 1 saturated heterocycles. The van der Waals surface area contributed by atoms with Gasteiger partial charge in [0.05, 0.1) is 12.8 Å². The monoisotopic (exact) mass is 370 g/mol. The number of halogens is 1. The van der Waals surface area contributed by atoms with Gasteiger partial charge in [-0.2, -0.15) is 5.10 Å². The largest absolute Gasteiger partial charge is 0.459 e. The lowest BCUT2D eigenvalue weighted by molar-refractivity contribution is 0.0678. The third-order valence-corrected chi connectivity index (χ3v) is 4.92. The van der Waals surface area contributed by atoms with Crippen molar-refractivity contribution in [1.82, 2.24) is 19.7 Å². The lowest BCUT2D eigenvalue weighted by Crippen LogP contribution is -2.38. The quantitative estimate of drug-likeness (QED) is 0.764. The standard InChI is InChI=1S/C19H19FN4O3/c20-15-5-3-13(4-6-15)12-24-17(21-22-19(24)26)14-7-9-23(10-8-14)18(25)16-2-1-11-27-16/h1-6,11,14H,7-10,12H2,(H,22,26). The summed E-state index contributed by atoms with van der Waals surface area (Å²) in [6, 6.07) is 9.41. The molecule has 0 aliphatic carbocycles. The molecule has 2 aromatic heterocycles. The van der Waals surface area contributed by atoms with Gasteiger partial charge >= 0.3 is 5.69 Å². The second-order valence-corrected chi connectivity index (χ2v) is 6.64. The number of hydrogen-bond donors (Lipinski definition) is 1. The highest BCUT2D eigenvalue weighted by Gasteiger charge is 2.28. The van der Waals surface area contributed by atoms with Crippen molar-refractivity contribution in [3.63, 3.8) is 0 Å². The van der Waals surface area contributed by atoms with Crippen molar-refractivity contribution in [2.24, 2.45) is 0 Å². The molecular weight excluding hydrogens is 351 g/mol. The van der Waals surface area contributed by atoms with Crippen LogP contribution >= 0.6 is 0 Å². The Bertz CT molecular complexity index is 967. The zero-order valence-electron chi connectivity index (χ0n) is 14.6. The summed E-state index contributed by atoms with van der Waals surface area (Å²) in [7, 11) is 0. The fraction of sp³-hybridized carbons (Fsp3) is 0.316. The van der Waals surface area contributed by atoms with Crippen molar-refractivity contribution in [3.8, 4) is 0 Å². The van der Waals surface area contributed by atoms with Crippen molar-refractivity contribution >= 4 is 5.91 Å². The van der Waals surface area contributed by atoms with Crippen LogP contribution in [0.5, 0.6) is 0 Å². The molecule has 7 nitrogen and oxygen atoms in total. The van der Waals surface area contributed by atoms with Gasteiger partial charge in [0, 0.05) is 19.0 Å². The molecule has 0 radical (unpaired) electrons. The van der Waals surface area contributed by atoms with Gasteiger partial charge in [-0.25, -0.2) is 14.3 Å². The molecule has 1 N–H and O–H groups in total. The first-order chi connectivity index (χ1) is 13.1. The van der Waals surface area contributed by atoms with E-state index in [1.54, 1.807) is 33.7 Å². The minimum Gasteiger partial charge on any atom is -0.459 e. The van der Waals surface area contributed by atoms with Gasteiger partial charge in [-0.15, -0.1) is 0 Å². The van der Waals surface area contributed by atoms with Crippen LogP contribution in [0.25, 0.3) is 0 Å². The molecule has 8 heteroatoms. The zero-order chi connectivity index (χ0) is 18.8. The van der Waals surface area contributed by atoms with Crippen LogP contribution in [0.1, 0.15) is 40.7 Å². The van der Waals surface area contributed by atoms with Crippen molar-refractivity contribution in [2.75, 3.05) is 13.1 Å². The van der Waals surface area contributed by atoms with E-state index >= 15 is 0 Å². The number of aromatic nitrogens is 3. The number of nitrogens with zero attached hydrogens (tertiary/aromatic N) is 3. The number of nitrogens with one attached hydrogen (secondary N) is 1. The van der Waals surface area contributed by atoms with E-state index in [1.807, 2.05) is 0 Å². The lowest BCUT2D eigenvalue weighted by Gasteiger charge is -2.31. The summed E-state index contributed by atoms with van der Waals surface area (Å²) in [6.07, 6.45) is 2.90. The first-order valence-corrected chi connectivity index (χ1v) is 8.84. The predicted octanol–water partition coefficient (Wildman–Crippen LogP) is 2.37. The molecule has 0 bridgehead atoms. The number of benzene rings is 1. The molecule has 140 valence electrons. The Morgan fingerprint density at radius 3 is 2.63 bits per heavy atom. The van der Waals surface area contributed by atoms with Gasteiger partial charge < -0.3 is 9.32 Å². The van der Waals surface area contributed by atoms with Crippen LogP contribution in [0.4, 0.5) is 4.39 Å². The molecule has 1 aliphatic rings. The van der Waals surface area contributed by atoms with Gasteiger partial charge in [-0.3, -0.25) is 9.36 Å². The van der Waals surface area contributed by atoms with Crippen LogP contribution in [0.2, 0.25) is 0 Å². The molecule has 27 heavy (non-hydrogen) atoms. The SMILES string of the molecule is O=C(c1ccco1)N1CCC(c2n[nH]c(=O)n2Cc2ccc(F)cc2)CC1. The molecule has 3 heterocycles. The van der Waals surface area contributed by atoms with E-state index in [0.717, 1.165) is 5.56 Å². The van der Waals surface area contributed by atoms with Gasteiger partial charge in [0.15, 0.2) is 5.76 Å². The minimum absolute atomic E-state index is 0.0741. The summed E-state index contributed by atoms with van der Waals surface area (Å²) in [5.41, 5.74) is 0.537. The summed E-state index contributed by atoms with van der Waals surface area (Å²) < 4.78 is 19.9. The Kier molecular flexibility index (Phi) is 4.62. The van der Waals surface area contributed by atoms with E-state index in [0.29, 0.717) is 44.1 Å². The highest BCUT2D eigenvalue weighted by atomic mass is 19.1. The number of aromatic amines is 1. The van der Waals surface area contributed by atoms with Gasteiger partial charge in [0.25, 0.3) is 5.91 Å². The van der Waals surface area contributed by atoms with Crippen molar-refractivity contribution in [3.05, 3.63) is 76.1 Å². The fourth-order valence-corrected chi connectivity index (χ4v) is 3.46. The van der Waals surface area contributed by atoms with E-state index < -0.39 is 0 Å². The number of H-pyrrole nitrogens is 1. The van der Waals surface area contributed by atoms with Crippen molar-refractivity contribution in [2.45, 2.75) is 25.3 Å². The van der Waals surface area contributed by atoms with Crippen LogP contribution in [-0.2, 0) is 6.54 Å². The summed E-state index contributed by atoms with van der Waals surface area (Å²) in [5, 5.41) is 6.71. The number of rotatable bonds is 4. The molecule has 0 spiro atoms. The third-order valence-electron chi connectivity index (χ3n) is 4.92. The lowest BCUT2D eigenvalue weighted by atomic mass is 9.95. The number of carbonyl (C=O) groups is 1. The van der Waals surface area contributed by atoms with Crippen molar-refractivity contribution in [1.29, 1.82) is 0 Å². The number of likely N-dealkylation sites (tertiary alicyclic amines) is 1. The first kappa shape index (κ1) is 17.3. The highest BCUT2D eigenvalue weighted by Crippen LogP contribution is 2.27. The number of amides is 1.